The number of aliphatic hydroxyl groups is 2. The molecule has 2 aromatic heterocycles. The largest absolute Gasteiger partial charge is 0.480 e. The molecule has 266 valence electrons. The average Bonchev–Trinajstić information content (AvgIpc) is 4.05. The molecule has 10 nitrogen and oxygen atoms in total. The molecule has 2 saturated carbocycles. The van der Waals surface area contributed by atoms with Crippen LogP contribution in [-0.4, -0.2) is 62.2 Å². The van der Waals surface area contributed by atoms with E-state index in [1.807, 2.05) is 68.6 Å². The number of anilines is 1. The molecule has 6 rings (SSSR count). The molecule has 0 bridgehead atoms. The van der Waals surface area contributed by atoms with E-state index in [2.05, 4.69) is 20.6 Å². The Balaban J connectivity index is 1.18. The van der Waals surface area contributed by atoms with E-state index in [1.54, 1.807) is 6.20 Å². The SMILES string of the molecule is Cc1c(CC(=O)c2cc(C3CC3)c(CN[C@@H](CO)C(=O)O)cn2)cccc1-c1cccc(NC(=O)c2cc(C3CC3)c(CCCCO)cn2)c1C. The molecule has 1 atom stereocenters. The van der Waals surface area contributed by atoms with Crippen molar-refractivity contribution in [1.29, 1.82) is 0 Å². The van der Waals surface area contributed by atoms with Crippen molar-refractivity contribution < 1.29 is 29.7 Å². The van der Waals surface area contributed by atoms with Gasteiger partial charge < -0.3 is 20.6 Å². The van der Waals surface area contributed by atoms with Crippen LogP contribution in [0.4, 0.5) is 5.69 Å². The Labute approximate surface area is 298 Å². The summed E-state index contributed by atoms with van der Waals surface area (Å²) in [6.07, 6.45) is 10.4. The monoisotopic (exact) mass is 690 g/mol. The third kappa shape index (κ3) is 8.58. The lowest BCUT2D eigenvalue weighted by Gasteiger charge is -2.17. The first kappa shape index (κ1) is 36.0. The van der Waals surface area contributed by atoms with Crippen LogP contribution in [0.1, 0.15) is 110 Å². The molecule has 1 amide bonds. The minimum Gasteiger partial charge on any atom is -0.480 e. The third-order valence-corrected chi connectivity index (χ3v) is 10.1. The lowest BCUT2D eigenvalue weighted by atomic mass is 9.90. The van der Waals surface area contributed by atoms with Gasteiger partial charge in [0.05, 0.1) is 6.61 Å². The fourth-order valence-corrected chi connectivity index (χ4v) is 6.75. The molecular formula is C41H46N4O6. The van der Waals surface area contributed by atoms with Crippen LogP contribution in [-0.2, 0) is 24.2 Å². The van der Waals surface area contributed by atoms with Crippen molar-refractivity contribution in [1.82, 2.24) is 15.3 Å². The lowest BCUT2D eigenvalue weighted by molar-refractivity contribution is -0.140. The van der Waals surface area contributed by atoms with E-state index in [-0.39, 0.29) is 31.3 Å². The number of carboxylic acid groups (broad SMARTS) is 1. The summed E-state index contributed by atoms with van der Waals surface area (Å²) >= 11 is 0. The maximum Gasteiger partial charge on any atom is 0.323 e. The molecule has 0 radical (unpaired) electrons. The van der Waals surface area contributed by atoms with Gasteiger partial charge in [0.1, 0.15) is 17.4 Å². The van der Waals surface area contributed by atoms with E-state index < -0.39 is 18.6 Å². The molecular weight excluding hydrogens is 644 g/mol. The molecule has 0 spiro atoms. The van der Waals surface area contributed by atoms with Crippen molar-refractivity contribution in [3.8, 4) is 11.1 Å². The molecule has 51 heavy (non-hydrogen) atoms. The summed E-state index contributed by atoms with van der Waals surface area (Å²) in [5, 5.41) is 33.8. The maximum atomic E-state index is 13.6. The summed E-state index contributed by atoms with van der Waals surface area (Å²) in [6.45, 7) is 3.88. The Bertz CT molecular complexity index is 1930. The number of ketones is 1. The fourth-order valence-electron chi connectivity index (χ4n) is 6.75. The van der Waals surface area contributed by atoms with Crippen LogP contribution in [0.15, 0.2) is 60.9 Å². The normalized spacial score (nSPS) is 14.7. The molecule has 0 unspecified atom stereocenters. The Morgan fingerprint density at radius 1 is 0.804 bits per heavy atom. The quantitative estimate of drug-likeness (QED) is 0.0657. The van der Waals surface area contributed by atoms with Gasteiger partial charge in [-0.2, -0.15) is 0 Å². The van der Waals surface area contributed by atoms with Gasteiger partial charge in [-0.3, -0.25) is 29.7 Å². The highest BCUT2D eigenvalue weighted by Crippen LogP contribution is 2.43. The van der Waals surface area contributed by atoms with Gasteiger partial charge >= 0.3 is 5.97 Å². The van der Waals surface area contributed by atoms with Crippen molar-refractivity contribution >= 4 is 23.3 Å². The van der Waals surface area contributed by atoms with Crippen molar-refractivity contribution in [3.63, 3.8) is 0 Å². The fraction of sp³-hybridized carbons (Fsp3) is 0.390. The summed E-state index contributed by atoms with van der Waals surface area (Å²) in [5.41, 5.74) is 10.3. The number of rotatable bonds is 17. The zero-order valence-electron chi connectivity index (χ0n) is 29.2. The Hall–Kier alpha value is -4.77. The summed E-state index contributed by atoms with van der Waals surface area (Å²) in [7, 11) is 0. The van der Waals surface area contributed by atoms with Crippen molar-refractivity contribution in [3.05, 3.63) is 111 Å². The number of aliphatic hydroxyl groups excluding tert-OH is 2. The number of pyridine rings is 2. The summed E-state index contributed by atoms with van der Waals surface area (Å²) in [4.78, 5) is 47.4. The highest BCUT2D eigenvalue weighted by atomic mass is 16.4. The third-order valence-electron chi connectivity index (χ3n) is 10.1. The smallest absolute Gasteiger partial charge is 0.323 e. The van der Waals surface area contributed by atoms with Gasteiger partial charge in [-0.05, 0) is 139 Å². The van der Waals surface area contributed by atoms with Crippen LogP contribution < -0.4 is 10.6 Å². The second kappa shape index (κ2) is 16.1. The van der Waals surface area contributed by atoms with E-state index in [9.17, 15) is 29.7 Å². The van der Waals surface area contributed by atoms with Crippen molar-refractivity contribution in [2.45, 2.75) is 89.6 Å². The highest BCUT2D eigenvalue weighted by Gasteiger charge is 2.29. The summed E-state index contributed by atoms with van der Waals surface area (Å²) in [5.74, 6) is -0.704. The number of aliphatic carboxylic acids is 1. The summed E-state index contributed by atoms with van der Waals surface area (Å²) in [6, 6.07) is 14.5. The van der Waals surface area contributed by atoms with Gasteiger partial charge in [-0.15, -0.1) is 0 Å². The van der Waals surface area contributed by atoms with E-state index in [0.717, 1.165) is 89.5 Å². The molecule has 5 N–H and O–H groups in total. The van der Waals surface area contributed by atoms with Crippen LogP contribution in [0, 0.1) is 13.8 Å². The second-order valence-corrected chi connectivity index (χ2v) is 13.8. The standard InChI is InChI=1S/C41H46N4O6/c1-24-28(17-39(48)36-18-34(27-14-15-27)30(21-42-36)22-44-38(23-47)41(50)51)8-5-9-31(24)32-10-6-11-35(25(32)2)45-40(49)37-19-33(26-12-13-26)29(20-43-37)7-3-4-16-46/h5-6,8-11,18-21,26-27,38,44,46-47H,3-4,7,12-17,22-23H2,1-2H3,(H,45,49)(H,50,51)/t38-/m0/s1. The number of hydrogen-bond donors (Lipinski definition) is 5. The first-order valence-corrected chi connectivity index (χ1v) is 17.9. The number of carbonyl (C=O) groups excluding carboxylic acids is 2. The number of aromatic nitrogens is 2. The Morgan fingerprint density at radius 3 is 2.10 bits per heavy atom. The number of nitrogens with one attached hydrogen (secondary N) is 2. The first-order valence-electron chi connectivity index (χ1n) is 17.9. The Morgan fingerprint density at radius 2 is 1.43 bits per heavy atom. The summed E-state index contributed by atoms with van der Waals surface area (Å²) < 4.78 is 0. The van der Waals surface area contributed by atoms with E-state index in [1.165, 1.54) is 5.56 Å². The molecule has 2 heterocycles. The highest BCUT2D eigenvalue weighted by molar-refractivity contribution is 6.04. The number of aryl methyl sites for hydroxylation is 1. The Kier molecular flexibility index (Phi) is 11.3. The molecule has 2 aromatic carbocycles. The van der Waals surface area contributed by atoms with Gasteiger partial charge in [0.15, 0.2) is 5.78 Å². The maximum absolute atomic E-state index is 13.6. The average molecular weight is 691 g/mol. The number of carbonyl (C=O) groups is 3. The van der Waals surface area contributed by atoms with E-state index in [0.29, 0.717) is 28.9 Å². The van der Waals surface area contributed by atoms with Gasteiger partial charge in [-0.25, -0.2) is 0 Å². The van der Waals surface area contributed by atoms with Crippen LogP contribution in [0.25, 0.3) is 11.1 Å². The zero-order valence-corrected chi connectivity index (χ0v) is 29.2. The number of Topliss-reactive ketones (excluding diaryl/α,β-unsaturated/α-hetero) is 1. The topological polar surface area (TPSA) is 162 Å². The number of amides is 1. The van der Waals surface area contributed by atoms with Gasteiger partial charge in [0.2, 0.25) is 0 Å². The molecule has 2 aliphatic carbocycles. The molecule has 2 fully saturated rings. The van der Waals surface area contributed by atoms with E-state index in [4.69, 9.17) is 0 Å². The number of unbranched alkanes of at least 4 members (excludes halogenated alkanes) is 1. The predicted octanol–water partition coefficient (Wildman–Crippen LogP) is 6.04. The van der Waals surface area contributed by atoms with Gasteiger partial charge in [0.25, 0.3) is 5.91 Å². The lowest BCUT2D eigenvalue weighted by Crippen LogP contribution is -2.39. The molecule has 0 aliphatic heterocycles. The van der Waals surface area contributed by atoms with Gasteiger partial charge in [-0.1, -0.05) is 30.3 Å². The van der Waals surface area contributed by atoms with Crippen LogP contribution in [0.3, 0.4) is 0 Å². The van der Waals surface area contributed by atoms with Crippen molar-refractivity contribution in [2.24, 2.45) is 0 Å². The number of hydrogen-bond acceptors (Lipinski definition) is 8. The van der Waals surface area contributed by atoms with E-state index >= 15 is 0 Å². The van der Waals surface area contributed by atoms with Crippen LogP contribution in [0.2, 0.25) is 0 Å². The predicted molar refractivity (Wildman–Crippen MR) is 195 cm³/mol. The van der Waals surface area contributed by atoms with Crippen molar-refractivity contribution in [2.75, 3.05) is 18.5 Å². The molecule has 2 aliphatic rings. The molecule has 10 heteroatoms. The minimum absolute atomic E-state index is 0.106. The molecule has 4 aromatic rings. The number of carboxylic acids is 1. The first-order chi connectivity index (χ1) is 24.7. The van der Waals surface area contributed by atoms with Crippen LogP contribution in [0.5, 0.6) is 0 Å². The second-order valence-electron chi connectivity index (χ2n) is 13.8. The minimum atomic E-state index is -1.12. The van der Waals surface area contributed by atoms with Crippen LogP contribution >= 0.6 is 0 Å². The number of benzene rings is 2. The zero-order chi connectivity index (χ0) is 36.1. The van der Waals surface area contributed by atoms with Gasteiger partial charge in [0, 0.05) is 37.7 Å². The molecule has 0 saturated heterocycles. The number of nitrogens with zero attached hydrogens (tertiary/aromatic N) is 2.